The van der Waals surface area contributed by atoms with E-state index < -0.39 is 0 Å². The number of nitrogens with zero attached hydrogens (tertiary/aromatic N) is 4. The van der Waals surface area contributed by atoms with Crippen LogP contribution in [-0.2, 0) is 13.2 Å². The molecule has 27 heavy (non-hydrogen) atoms. The van der Waals surface area contributed by atoms with E-state index in [2.05, 4.69) is 15.7 Å². The Bertz CT molecular complexity index is 996. The van der Waals surface area contributed by atoms with Gasteiger partial charge in [-0.3, -0.25) is 4.79 Å². The largest absolute Gasteiger partial charge is 0.373 e. The average Bonchev–Trinajstić information content (AvgIpc) is 3.02. The van der Waals surface area contributed by atoms with Gasteiger partial charge in [0.25, 0.3) is 5.91 Å². The van der Waals surface area contributed by atoms with Gasteiger partial charge in [-0.2, -0.15) is 4.68 Å². The number of carbonyl (C=O) groups excluding carboxylic acids is 1. The fourth-order valence-electron chi connectivity index (χ4n) is 2.73. The third-order valence-corrected chi connectivity index (χ3v) is 4.41. The molecule has 0 fully saturated rings. The van der Waals surface area contributed by atoms with Crippen molar-refractivity contribution < 1.29 is 9.69 Å². The van der Waals surface area contributed by atoms with Crippen molar-refractivity contribution in [1.82, 2.24) is 25.1 Å². The van der Waals surface area contributed by atoms with Crippen molar-refractivity contribution in [2.45, 2.75) is 13.2 Å². The number of quaternary nitrogens is 1. The van der Waals surface area contributed by atoms with E-state index in [0.717, 1.165) is 10.5 Å². The summed E-state index contributed by atoms with van der Waals surface area (Å²) in [4.78, 5) is 25.2. The summed E-state index contributed by atoms with van der Waals surface area (Å²) >= 11 is 6.13. The van der Waals surface area contributed by atoms with Gasteiger partial charge in [-0.1, -0.05) is 35.9 Å². The summed E-state index contributed by atoms with van der Waals surface area (Å²) in [6.07, 6.45) is 0. The van der Waals surface area contributed by atoms with Crippen molar-refractivity contribution in [3.8, 4) is 5.69 Å². The Morgan fingerprint density at radius 1 is 1.15 bits per heavy atom. The van der Waals surface area contributed by atoms with Crippen LogP contribution >= 0.6 is 11.6 Å². The first-order valence-corrected chi connectivity index (χ1v) is 8.77. The number of tetrazole rings is 1. The van der Waals surface area contributed by atoms with Gasteiger partial charge in [-0.05, 0) is 34.7 Å². The van der Waals surface area contributed by atoms with Gasteiger partial charge in [0.1, 0.15) is 6.54 Å². The summed E-state index contributed by atoms with van der Waals surface area (Å²) in [5, 5.41) is 10.9. The first-order valence-electron chi connectivity index (χ1n) is 8.39. The van der Waals surface area contributed by atoms with E-state index in [-0.39, 0.29) is 11.6 Å². The van der Waals surface area contributed by atoms with Gasteiger partial charge in [-0.25, -0.2) is 4.79 Å². The molecule has 0 radical (unpaired) electrons. The van der Waals surface area contributed by atoms with Crippen LogP contribution in [0.3, 0.4) is 0 Å². The Kier molecular flexibility index (Phi) is 5.68. The molecule has 8 nitrogen and oxygen atoms in total. The summed E-state index contributed by atoms with van der Waals surface area (Å²) < 4.78 is 2.49. The van der Waals surface area contributed by atoms with E-state index in [1.165, 1.54) is 9.36 Å². The monoisotopic (exact) mass is 387 g/mol. The zero-order valence-electron chi connectivity index (χ0n) is 15.0. The van der Waals surface area contributed by atoms with Crippen LogP contribution in [0.15, 0.2) is 53.3 Å². The molecule has 0 bridgehead atoms. The predicted octanol–water partition coefficient (Wildman–Crippen LogP) is 0.114. The lowest BCUT2D eigenvalue weighted by Gasteiger charge is -2.13. The smallest absolute Gasteiger partial charge is 0.355 e. The fraction of sp³-hybridized carbons (Fsp3) is 0.222. The minimum atomic E-state index is -0.350. The van der Waals surface area contributed by atoms with Gasteiger partial charge in [0, 0.05) is 18.2 Å². The maximum atomic E-state index is 12.5. The highest BCUT2D eigenvalue weighted by Crippen LogP contribution is 2.16. The first-order chi connectivity index (χ1) is 13.0. The highest BCUT2D eigenvalue weighted by atomic mass is 35.5. The van der Waals surface area contributed by atoms with Gasteiger partial charge in [-0.15, -0.1) is 4.68 Å². The van der Waals surface area contributed by atoms with Crippen molar-refractivity contribution in [3.63, 3.8) is 0 Å². The summed E-state index contributed by atoms with van der Waals surface area (Å²) in [6.45, 7) is 1.01. The van der Waals surface area contributed by atoms with Crippen LogP contribution in [0.5, 0.6) is 0 Å². The van der Waals surface area contributed by atoms with E-state index in [4.69, 9.17) is 11.6 Å². The number of benzene rings is 2. The third-order valence-electron chi connectivity index (χ3n) is 4.09. The lowest BCUT2D eigenvalue weighted by Crippen LogP contribution is -3.07. The molecule has 0 saturated carbocycles. The molecule has 0 aliphatic carbocycles. The number of para-hydroxylation sites is 1. The number of aromatic nitrogens is 4. The Labute approximate surface area is 160 Å². The van der Waals surface area contributed by atoms with E-state index in [0.29, 0.717) is 29.5 Å². The molecule has 0 saturated heterocycles. The zero-order valence-corrected chi connectivity index (χ0v) is 15.8. The van der Waals surface area contributed by atoms with Crippen molar-refractivity contribution in [1.29, 1.82) is 0 Å². The SMILES string of the molecule is CNC(=O)c1ccc(C[NH+](C)Cn2nnn(-c3ccccc3Cl)c2=O)cc1. The Balaban J connectivity index is 1.70. The molecule has 1 amide bonds. The normalized spacial score (nSPS) is 12.0. The van der Waals surface area contributed by atoms with E-state index in [1.807, 2.05) is 19.2 Å². The van der Waals surface area contributed by atoms with E-state index >= 15 is 0 Å². The van der Waals surface area contributed by atoms with Crippen molar-refractivity contribution in [2.75, 3.05) is 14.1 Å². The topological polar surface area (TPSA) is 86.2 Å². The van der Waals surface area contributed by atoms with Crippen molar-refractivity contribution in [3.05, 3.63) is 75.2 Å². The van der Waals surface area contributed by atoms with Crippen LogP contribution in [0.25, 0.3) is 5.69 Å². The fourth-order valence-corrected chi connectivity index (χ4v) is 2.94. The van der Waals surface area contributed by atoms with Gasteiger partial charge in [0.2, 0.25) is 0 Å². The second-order valence-electron chi connectivity index (χ2n) is 6.19. The van der Waals surface area contributed by atoms with Gasteiger partial charge < -0.3 is 10.2 Å². The molecule has 3 rings (SSSR count). The lowest BCUT2D eigenvalue weighted by atomic mass is 10.1. The quantitative estimate of drug-likeness (QED) is 0.629. The molecule has 0 aliphatic heterocycles. The van der Waals surface area contributed by atoms with Gasteiger partial charge in [0.15, 0.2) is 6.67 Å². The lowest BCUT2D eigenvalue weighted by molar-refractivity contribution is -0.917. The third kappa shape index (κ3) is 4.24. The van der Waals surface area contributed by atoms with Crippen LogP contribution in [0.4, 0.5) is 0 Å². The number of amides is 1. The molecule has 1 atom stereocenters. The summed E-state index contributed by atoms with van der Waals surface area (Å²) in [6, 6.07) is 14.3. The number of hydrogen-bond donors (Lipinski definition) is 2. The second kappa shape index (κ2) is 8.15. The maximum Gasteiger partial charge on any atom is 0.373 e. The van der Waals surface area contributed by atoms with E-state index in [1.54, 1.807) is 43.4 Å². The minimum Gasteiger partial charge on any atom is -0.355 e. The number of carbonyl (C=O) groups is 1. The number of rotatable bonds is 6. The molecule has 2 N–H and O–H groups in total. The first kappa shape index (κ1) is 18.8. The molecule has 1 heterocycles. The van der Waals surface area contributed by atoms with Gasteiger partial charge in [0.05, 0.1) is 17.8 Å². The molecular weight excluding hydrogens is 368 g/mol. The summed E-state index contributed by atoms with van der Waals surface area (Å²) in [5.41, 5.74) is 1.81. The summed E-state index contributed by atoms with van der Waals surface area (Å²) in [5.74, 6) is -0.120. The Morgan fingerprint density at radius 3 is 2.52 bits per heavy atom. The number of halogens is 1. The van der Waals surface area contributed by atoms with Crippen LogP contribution in [0, 0.1) is 0 Å². The Morgan fingerprint density at radius 2 is 1.85 bits per heavy atom. The van der Waals surface area contributed by atoms with Crippen LogP contribution in [0.1, 0.15) is 15.9 Å². The molecule has 140 valence electrons. The Hall–Kier alpha value is -2.97. The number of hydrogen-bond acceptors (Lipinski definition) is 4. The molecule has 9 heteroatoms. The maximum absolute atomic E-state index is 12.5. The van der Waals surface area contributed by atoms with Crippen molar-refractivity contribution in [2.24, 2.45) is 0 Å². The molecule has 1 aromatic heterocycles. The molecule has 2 aromatic carbocycles. The number of nitrogens with one attached hydrogen (secondary N) is 2. The molecule has 1 unspecified atom stereocenters. The minimum absolute atomic E-state index is 0.120. The average molecular weight is 388 g/mol. The molecule has 0 spiro atoms. The van der Waals surface area contributed by atoms with Gasteiger partial charge >= 0.3 is 5.69 Å². The van der Waals surface area contributed by atoms with Crippen molar-refractivity contribution >= 4 is 17.5 Å². The predicted molar refractivity (Wildman–Crippen MR) is 101 cm³/mol. The van der Waals surface area contributed by atoms with Crippen LogP contribution in [0.2, 0.25) is 5.02 Å². The summed E-state index contributed by atoms with van der Waals surface area (Å²) in [7, 11) is 3.55. The zero-order chi connectivity index (χ0) is 19.4. The van der Waals surface area contributed by atoms with E-state index in [9.17, 15) is 9.59 Å². The second-order valence-corrected chi connectivity index (χ2v) is 6.60. The molecule has 0 aliphatic rings. The molecular formula is C18H20ClN6O2+. The van der Waals surface area contributed by atoms with Crippen LogP contribution in [-0.4, -0.2) is 39.8 Å². The van der Waals surface area contributed by atoms with Crippen LogP contribution < -0.4 is 15.9 Å². The standard InChI is InChI=1S/C18H19ClN6O2/c1-20-17(26)14-9-7-13(8-10-14)11-23(2)12-24-18(27)25(22-21-24)16-6-4-3-5-15(16)19/h3-10H,11-12H2,1-2H3,(H,20,26)/p+1. The highest BCUT2D eigenvalue weighted by molar-refractivity contribution is 6.32. The molecule has 3 aromatic rings. The highest BCUT2D eigenvalue weighted by Gasteiger charge is 2.14.